The van der Waals surface area contributed by atoms with E-state index in [1.165, 1.54) is 16.4 Å². The first-order valence-corrected chi connectivity index (χ1v) is 8.71. The molecule has 0 amide bonds. The minimum atomic E-state index is -3.65. The Labute approximate surface area is 117 Å². The Hall–Kier alpha value is -0.630. The first-order valence-electron chi connectivity index (χ1n) is 6.12. The Bertz CT molecular complexity index is 541. The molecule has 1 aromatic rings. The molecule has 0 aromatic heterocycles. The van der Waals surface area contributed by atoms with Gasteiger partial charge in [0.05, 0.1) is 4.90 Å². The average molecular weight is 304 g/mol. The quantitative estimate of drug-likeness (QED) is 0.917. The summed E-state index contributed by atoms with van der Waals surface area (Å²) >= 11 is 1.74. The Morgan fingerprint density at radius 2 is 2.11 bits per heavy atom. The van der Waals surface area contributed by atoms with Gasteiger partial charge in [-0.1, -0.05) is 6.07 Å². The van der Waals surface area contributed by atoms with E-state index in [4.69, 9.17) is 5.73 Å². The van der Waals surface area contributed by atoms with Gasteiger partial charge in [-0.05, 0) is 29.9 Å². The molecule has 0 aliphatic carbocycles. The summed E-state index contributed by atoms with van der Waals surface area (Å²) in [7, 11) is -3.65. The van der Waals surface area contributed by atoms with E-state index in [9.17, 15) is 12.8 Å². The fraction of sp³-hybridized carbons (Fsp3) is 0.500. The highest BCUT2D eigenvalue weighted by Gasteiger charge is 2.27. The second kappa shape index (κ2) is 6.21. The van der Waals surface area contributed by atoms with Crippen LogP contribution in [-0.4, -0.2) is 37.3 Å². The molecule has 0 unspecified atom stereocenters. The number of sulfonamides is 1. The van der Waals surface area contributed by atoms with Gasteiger partial charge in [0.15, 0.2) is 0 Å². The van der Waals surface area contributed by atoms with Gasteiger partial charge in [0.2, 0.25) is 10.0 Å². The summed E-state index contributed by atoms with van der Waals surface area (Å²) in [5.41, 5.74) is 6.01. The van der Waals surface area contributed by atoms with Crippen LogP contribution in [0.3, 0.4) is 0 Å². The molecule has 1 fully saturated rings. The topological polar surface area (TPSA) is 63.4 Å². The van der Waals surface area contributed by atoms with Crippen LogP contribution >= 0.6 is 11.8 Å². The second-order valence-electron chi connectivity index (χ2n) is 4.33. The zero-order chi connectivity index (χ0) is 13.9. The molecule has 1 saturated heterocycles. The summed E-state index contributed by atoms with van der Waals surface area (Å²) in [6.45, 7) is 1.03. The van der Waals surface area contributed by atoms with Gasteiger partial charge in [-0.25, -0.2) is 12.8 Å². The Morgan fingerprint density at radius 1 is 1.32 bits per heavy atom. The minimum Gasteiger partial charge on any atom is -0.326 e. The number of thioether (sulfide) groups is 1. The smallest absolute Gasteiger partial charge is 0.243 e. The molecule has 2 rings (SSSR count). The van der Waals surface area contributed by atoms with Crippen molar-refractivity contribution in [3.8, 4) is 0 Å². The number of hydrogen-bond donors (Lipinski definition) is 1. The van der Waals surface area contributed by atoms with Gasteiger partial charge in [-0.2, -0.15) is 16.1 Å². The van der Waals surface area contributed by atoms with Crippen molar-refractivity contribution in [2.75, 3.05) is 24.6 Å². The molecule has 0 radical (unpaired) electrons. The fourth-order valence-electron chi connectivity index (χ4n) is 2.04. The van der Waals surface area contributed by atoms with Crippen LogP contribution in [0.1, 0.15) is 12.0 Å². The Morgan fingerprint density at radius 3 is 2.84 bits per heavy atom. The lowest BCUT2D eigenvalue weighted by molar-refractivity contribution is 0.433. The Kier molecular flexibility index (Phi) is 4.83. The average Bonchev–Trinajstić information content (AvgIpc) is 2.68. The third-order valence-electron chi connectivity index (χ3n) is 3.05. The van der Waals surface area contributed by atoms with Crippen molar-refractivity contribution >= 4 is 21.8 Å². The number of halogens is 1. The first-order chi connectivity index (χ1) is 9.05. The third-order valence-corrected chi connectivity index (χ3v) is 6.08. The standard InChI is InChI=1S/C12H17FN2O2S2/c13-11-3-2-10(9-14)12(8-11)19(16,17)15-4-1-6-18-7-5-15/h2-3,8H,1,4-7,9,14H2. The summed E-state index contributed by atoms with van der Waals surface area (Å²) in [5, 5.41) is 0. The maximum atomic E-state index is 13.3. The molecular formula is C12H17FN2O2S2. The lowest BCUT2D eigenvalue weighted by atomic mass is 10.2. The molecule has 19 heavy (non-hydrogen) atoms. The molecule has 7 heteroatoms. The summed E-state index contributed by atoms with van der Waals surface area (Å²) in [6, 6.07) is 3.74. The van der Waals surface area contributed by atoms with Gasteiger partial charge in [-0.3, -0.25) is 0 Å². The maximum Gasteiger partial charge on any atom is 0.243 e. The molecule has 1 aromatic carbocycles. The van der Waals surface area contributed by atoms with Gasteiger partial charge in [0.25, 0.3) is 0 Å². The molecule has 106 valence electrons. The molecule has 4 nitrogen and oxygen atoms in total. The van der Waals surface area contributed by atoms with Crippen LogP contribution in [-0.2, 0) is 16.6 Å². The second-order valence-corrected chi connectivity index (χ2v) is 7.46. The number of nitrogens with zero attached hydrogens (tertiary/aromatic N) is 1. The highest BCUT2D eigenvalue weighted by atomic mass is 32.2. The predicted octanol–water partition coefficient (Wildman–Crippen LogP) is 1.41. The van der Waals surface area contributed by atoms with E-state index in [2.05, 4.69) is 0 Å². The van der Waals surface area contributed by atoms with Gasteiger partial charge in [0, 0.05) is 25.4 Å². The zero-order valence-electron chi connectivity index (χ0n) is 10.5. The van der Waals surface area contributed by atoms with Crippen LogP contribution in [0.2, 0.25) is 0 Å². The van der Waals surface area contributed by atoms with Crippen LogP contribution < -0.4 is 5.73 Å². The van der Waals surface area contributed by atoms with Crippen LogP contribution in [0.25, 0.3) is 0 Å². The molecule has 0 spiro atoms. The number of nitrogens with two attached hydrogens (primary N) is 1. The largest absolute Gasteiger partial charge is 0.326 e. The highest BCUT2D eigenvalue weighted by molar-refractivity contribution is 7.99. The summed E-state index contributed by atoms with van der Waals surface area (Å²) in [4.78, 5) is 0.00176. The molecular weight excluding hydrogens is 287 g/mol. The molecule has 0 atom stereocenters. The predicted molar refractivity (Wildman–Crippen MR) is 75.0 cm³/mol. The summed E-state index contributed by atoms with van der Waals surface area (Å²) < 4.78 is 39.9. The number of hydrogen-bond acceptors (Lipinski definition) is 4. The molecule has 2 N–H and O–H groups in total. The van der Waals surface area contributed by atoms with Crippen molar-refractivity contribution in [1.82, 2.24) is 4.31 Å². The molecule has 1 heterocycles. The van der Waals surface area contributed by atoms with Gasteiger partial charge in [0.1, 0.15) is 5.82 Å². The summed E-state index contributed by atoms with van der Waals surface area (Å²) in [5.74, 6) is 1.17. The van der Waals surface area contributed by atoms with E-state index in [-0.39, 0.29) is 11.4 Å². The van der Waals surface area contributed by atoms with Crippen LogP contribution in [0.4, 0.5) is 4.39 Å². The monoisotopic (exact) mass is 304 g/mol. The lowest BCUT2D eigenvalue weighted by Crippen LogP contribution is -2.33. The molecule has 0 saturated carbocycles. The lowest BCUT2D eigenvalue weighted by Gasteiger charge is -2.21. The zero-order valence-corrected chi connectivity index (χ0v) is 12.1. The van der Waals surface area contributed by atoms with E-state index in [1.54, 1.807) is 11.8 Å². The van der Waals surface area contributed by atoms with Crippen LogP contribution in [0.5, 0.6) is 0 Å². The third kappa shape index (κ3) is 3.28. The van der Waals surface area contributed by atoms with Crippen molar-refractivity contribution < 1.29 is 12.8 Å². The van der Waals surface area contributed by atoms with E-state index < -0.39 is 15.8 Å². The number of benzene rings is 1. The minimum absolute atomic E-state index is 0.00176. The van der Waals surface area contributed by atoms with Gasteiger partial charge < -0.3 is 5.73 Å². The Balaban J connectivity index is 2.40. The highest BCUT2D eigenvalue weighted by Crippen LogP contribution is 2.23. The van der Waals surface area contributed by atoms with Gasteiger partial charge >= 0.3 is 0 Å². The van der Waals surface area contributed by atoms with Crippen molar-refractivity contribution in [1.29, 1.82) is 0 Å². The van der Waals surface area contributed by atoms with E-state index in [0.717, 1.165) is 24.0 Å². The molecule has 1 aliphatic heterocycles. The summed E-state index contributed by atoms with van der Waals surface area (Å²) in [6.07, 6.45) is 0.817. The van der Waals surface area contributed by atoms with Crippen molar-refractivity contribution in [3.63, 3.8) is 0 Å². The van der Waals surface area contributed by atoms with E-state index in [0.29, 0.717) is 18.7 Å². The van der Waals surface area contributed by atoms with E-state index in [1.807, 2.05) is 0 Å². The van der Waals surface area contributed by atoms with Gasteiger partial charge in [-0.15, -0.1) is 0 Å². The van der Waals surface area contributed by atoms with Crippen molar-refractivity contribution in [2.45, 2.75) is 17.9 Å². The van der Waals surface area contributed by atoms with Crippen LogP contribution in [0.15, 0.2) is 23.1 Å². The normalized spacial score (nSPS) is 18.2. The maximum absolute atomic E-state index is 13.3. The van der Waals surface area contributed by atoms with Crippen molar-refractivity contribution in [2.24, 2.45) is 5.73 Å². The molecule has 1 aliphatic rings. The number of rotatable bonds is 3. The fourth-order valence-corrected chi connectivity index (χ4v) is 4.77. The molecule has 0 bridgehead atoms. The van der Waals surface area contributed by atoms with Crippen LogP contribution in [0, 0.1) is 5.82 Å². The first kappa shape index (κ1) is 14.8. The van der Waals surface area contributed by atoms with Crippen molar-refractivity contribution in [3.05, 3.63) is 29.6 Å². The van der Waals surface area contributed by atoms with E-state index >= 15 is 0 Å². The SMILES string of the molecule is NCc1ccc(F)cc1S(=O)(=O)N1CCCSCC1.